The molecule has 5 nitrogen and oxygen atoms in total. The zero-order valence-electron chi connectivity index (χ0n) is 10.7. The van der Waals surface area contributed by atoms with Crippen LogP contribution in [0.3, 0.4) is 0 Å². The van der Waals surface area contributed by atoms with E-state index < -0.39 is 10.0 Å². The third kappa shape index (κ3) is 3.17. The van der Waals surface area contributed by atoms with Crippen molar-refractivity contribution >= 4 is 22.4 Å². The summed E-state index contributed by atoms with van der Waals surface area (Å²) in [6, 6.07) is 0.0791. The van der Waals surface area contributed by atoms with E-state index in [4.69, 9.17) is 10.5 Å². The van der Waals surface area contributed by atoms with Crippen LogP contribution in [-0.2, 0) is 14.8 Å². The van der Waals surface area contributed by atoms with Gasteiger partial charge in [0, 0.05) is 19.2 Å². The average Bonchev–Trinajstić information content (AvgIpc) is 2.72. The van der Waals surface area contributed by atoms with Gasteiger partial charge in [0.25, 0.3) is 0 Å². The molecule has 108 valence electrons. The lowest BCUT2D eigenvalue weighted by molar-refractivity contribution is 0.0973. The highest BCUT2D eigenvalue weighted by Crippen LogP contribution is 2.29. The molecular formula is C11H23ClN2O3S. The maximum absolute atomic E-state index is 12.5. The van der Waals surface area contributed by atoms with Crippen molar-refractivity contribution < 1.29 is 13.2 Å². The summed E-state index contributed by atoms with van der Waals surface area (Å²) in [5.74, 6) is 0.310. The van der Waals surface area contributed by atoms with Crippen LogP contribution in [0.2, 0.25) is 0 Å². The van der Waals surface area contributed by atoms with E-state index in [9.17, 15) is 8.42 Å². The molecule has 2 N–H and O–H groups in total. The Morgan fingerprint density at radius 3 is 2.67 bits per heavy atom. The standard InChI is InChI=1S/C11H22N2O3S.ClH/c1-9-5-10(6-12)7-13(9)17(14,15)11-3-2-4-16-8-11;/h9-11H,2-8,12H2,1H3;1H. The predicted octanol–water partition coefficient (Wildman–Crippen LogP) is 0.586. The number of hydrogen-bond donors (Lipinski definition) is 1. The molecule has 3 atom stereocenters. The molecule has 0 aliphatic carbocycles. The van der Waals surface area contributed by atoms with Gasteiger partial charge >= 0.3 is 0 Å². The van der Waals surface area contributed by atoms with E-state index in [0.717, 1.165) is 19.3 Å². The fourth-order valence-electron chi connectivity index (χ4n) is 2.77. The Morgan fingerprint density at radius 1 is 1.44 bits per heavy atom. The summed E-state index contributed by atoms with van der Waals surface area (Å²) in [6.45, 7) is 4.15. The molecule has 2 rings (SSSR count). The van der Waals surface area contributed by atoms with E-state index >= 15 is 0 Å². The van der Waals surface area contributed by atoms with Crippen molar-refractivity contribution in [2.75, 3.05) is 26.3 Å². The van der Waals surface area contributed by atoms with Gasteiger partial charge in [0.05, 0.1) is 11.9 Å². The highest BCUT2D eigenvalue weighted by atomic mass is 35.5. The van der Waals surface area contributed by atoms with Crippen molar-refractivity contribution in [3.05, 3.63) is 0 Å². The Balaban J connectivity index is 0.00000162. The summed E-state index contributed by atoms with van der Waals surface area (Å²) in [7, 11) is -3.20. The van der Waals surface area contributed by atoms with Crippen molar-refractivity contribution in [2.45, 2.75) is 37.5 Å². The Kier molecular flexibility index (Phi) is 5.86. The molecule has 0 aromatic heterocycles. The fourth-order valence-corrected chi connectivity index (χ4v) is 4.89. The van der Waals surface area contributed by atoms with E-state index in [1.165, 1.54) is 0 Å². The molecule has 0 radical (unpaired) electrons. The first-order valence-corrected chi connectivity index (χ1v) is 7.84. The van der Waals surface area contributed by atoms with Crippen LogP contribution in [0.4, 0.5) is 0 Å². The Morgan fingerprint density at radius 2 is 2.17 bits per heavy atom. The molecule has 2 fully saturated rings. The molecule has 2 saturated heterocycles. The predicted molar refractivity (Wildman–Crippen MR) is 73.3 cm³/mol. The Hall–Kier alpha value is 0.120. The van der Waals surface area contributed by atoms with Gasteiger partial charge in [-0.25, -0.2) is 8.42 Å². The minimum absolute atomic E-state index is 0. The SMILES string of the molecule is CC1CC(CN)CN1S(=O)(=O)C1CCCOC1.Cl. The maximum atomic E-state index is 12.5. The zero-order chi connectivity index (χ0) is 12.5. The molecule has 3 unspecified atom stereocenters. The minimum atomic E-state index is -3.20. The van der Waals surface area contributed by atoms with E-state index in [1.54, 1.807) is 4.31 Å². The third-order valence-corrected chi connectivity index (χ3v) is 6.18. The van der Waals surface area contributed by atoms with Gasteiger partial charge in [0.15, 0.2) is 0 Å². The molecular weight excluding hydrogens is 276 g/mol. The van der Waals surface area contributed by atoms with Gasteiger partial charge in [-0.05, 0) is 38.6 Å². The first kappa shape index (κ1) is 16.2. The Labute approximate surface area is 116 Å². The fraction of sp³-hybridized carbons (Fsp3) is 1.00. The van der Waals surface area contributed by atoms with Crippen molar-refractivity contribution in [1.29, 1.82) is 0 Å². The van der Waals surface area contributed by atoms with E-state index in [1.807, 2.05) is 6.92 Å². The smallest absolute Gasteiger partial charge is 0.219 e. The normalized spacial score (nSPS) is 34.2. The second-order valence-electron chi connectivity index (χ2n) is 5.14. The van der Waals surface area contributed by atoms with Crippen LogP contribution in [0.25, 0.3) is 0 Å². The van der Waals surface area contributed by atoms with Gasteiger partial charge in [-0.1, -0.05) is 0 Å². The summed E-state index contributed by atoms with van der Waals surface area (Å²) in [5.41, 5.74) is 5.63. The van der Waals surface area contributed by atoms with Crippen LogP contribution >= 0.6 is 12.4 Å². The van der Waals surface area contributed by atoms with Gasteiger partial charge in [0.1, 0.15) is 0 Å². The van der Waals surface area contributed by atoms with Crippen LogP contribution in [-0.4, -0.2) is 50.3 Å². The number of ether oxygens (including phenoxy) is 1. The highest BCUT2D eigenvalue weighted by molar-refractivity contribution is 7.89. The van der Waals surface area contributed by atoms with E-state index in [0.29, 0.717) is 32.2 Å². The maximum Gasteiger partial charge on any atom is 0.219 e. The summed E-state index contributed by atoms with van der Waals surface area (Å²) < 4.78 is 31.9. The first-order valence-electron chi connectivity index (χ1n) is 6.34. The van der Waals surface area contributed by atoms with E-state index in [2.05, 4.69) is 0 Å². The zero-order valence-corrected chi connectivity index (χ0v) is 12.4. The van der Waals surface area contributed by atoms with Crippen LogP contribution in [0.1, 0.15) is 26.2 Å². The monoisotopic (exact) mass is 298 g/mol. The van der Waals surface area contributed by atoms with Crippen molar-refractivity contribution in [3.8, 4) is 0 Å². The lowest BCUT2D eigenvalue weighted by Crippen LogP contribution is -2.44. The van der Waals surface area contributed by atoms with Crippen molar-refractivity contribution in [3.63, 3.8) is 0 Å². The molecule has 2 aliphatic heterocycles. The molecule has 0 spiro atoms. The summed E-state index contributed by atoms with van der Waals surface area (Å²) in [4.78, 5) is 0. The van der Waals surface area contributed by atoms with Crippen molar-refractivity contribution in [2.24, 2.45) is 11.7 Å². The second kappa shape index (κ2) is 6.52. The Bertz CT molecular complexity index is 357. The van der Waals surface area contributed by atoms with Gasteiger partial charge in [-0.2, -0.15) is 4.31 Å². The second-order valence-corrected chi connectivity index (χ2v) is 7.31. The number of hydrogen-bond acceptors (Lipinski definition) is 4. The number of nitrogens with zero attached hydrogens (tertiary/aromatic N) is 1. The van der Waals surface area contributed by atoms with Crippen LogP contribution in [0.15, 0.2) is 0 Å². The lowest BCUT2D eigenvalue weighted by atomic mass is 10.1. The van der Waals surface area contributed by atoms with Gasteiger partial charge in [-0.3, -0.25) is 0 Å². The molecule has 0 bridgehead atoms. The topological polar surface area (TPSA) is 72.6 Å². The molecule has 2 aliphatic rings. The average molecular weight is 299 g/mol. The highest BCUT2D eigenvalue weighted by Gasteiger charge is 2.41. The van der Waals surface area contributed by atoms with Crippen LogP contribution in [0.5, 0.6) is 0 Å². The molecule has 18 heavy (non-hydrogen) atoms. The molecule has 2 heterocycles. The quantitative estimate of drug-likeness (QED) is 0.827. The van der Waals surface area contributed by atoms with Gasteiger partial charge < -0.3 is 10.5 Å². The summed E-state index contributed by atoms with van der Waals surface area (Å²) in [6.07, 6.45) is 2.44. The summed E-state index contributed by atoms with van der Waals surface area (Å²) >= 11 is 0. The third-order valence-electron chi connectivity index (χ3n) is 3.80. The molecule has 0 aromatic carbocycles. The largest absolute Gasteiger partial charge is 0.380 e. The first-order chi connectivity index (χ1) is 8.05. The number of rotatable bonds is 3. The number of halogens is 1. The van der Waals surface area contributed by atoms with Crippen molar-refractivity contribution in [1.82, 2.24) is 4.31 Å². The van der Waals surface area contributed by atoms with Gasteiger partial charge in [0.2, 0.25) is 10.0 Å². The number of nitrogens with two attached hydrogens (primary N) is 1. The van der Waals surface area contributed by atoms with Crippen LogP contribution in [0, 0.1) is 5.92 Å². The minimum Gasteiger partial charge on any atom is -0.380 e. The molecule has 0 aromatic rings. The lowest BCUT2D eigenvalue weighted by Gasteiger charge is -2.29. The van der Waals surface area contributed by atoms with Gasteiger partial charge in [-0.15, -0.1) is 12.4 Å². The molecule has 0 saturated carbocycles. The molecule has 0 amide bonds. The number of sulfonamides is 1. The van der Waals surface area contributed by atoms with E-state index in [-0.39, 0.29) is 23.7 Å². The summed E-state index contributed by atoms with van der Waals surface area (Å²) in [5, 5.41) is -0.352. The molecule has 7 heteroatoms. The van der Waals surface area contributed by atoms with Crippen LogP contribution < -0.4 is 5.73 Å².